The fourth-order valence-corrected chi connectivity index (χ4v) is 1.83. The topological polar surface area (TPSA) is 55.6 Å². The van der Waals surface area contributed by atoms with Crippen LogP contribution >= 0.6 is 0 Å². The Morgan fingerprint density at radius 1 is 1.69 bits per heavy atom. The number of carbonyl (C=O) groups is 1. The van der Waals surface area contributed by atoms with E-state index < -0.39 is 0 Å². The second kappa shape index (κ2) is 4.65. The van der Waals surface area contributed by atoms with Crippen LogP contribution in [0.3, 0.4) is 0 Å². The molecule has 0 N–H and O–H groups in total. The van der Waals surface area contributed by atoms with Gasteiger partial charge in [-0.3, -0.25) is 4.79 Å². The molecule has 1 aliphatic heterocycles. The van der Waals surface area contributed by atoms with Crippen molar-refractivity contribution in [2.75, 3.05) is 13.7 Å². The highest BCUT2D eigenvalue weighted by molar-refractivity contribution is 5.80. The van der Waals surface area contributed by atoms with Crippen molar-refractivity contribution in [1.82, 2.24) is 10.1 Å². The summed E-state index contributed by atoms with van der Waals surface area (Å²) in [4.78, 5) is 13.5. The third-order valence-corrected chi connectivity index (χ3v) is 2.66. The number of hydrogen-bond acceptors (Lipinski definition) is 4. The predicted octanol–water partition coefficient (Wildman–Crippen LogP) is 1.12. The van der Waals surface area contributed by atoms with E-state index in [1.807, 2.05) is 13.0 Å². The van der Waals surface area contributed by atoms with Gasteiger partial charge in [-0.25, -0.2) is 0 Å². The van der Waals surface area contributed by atoms with Gasteiger partial charge in [0.1, 0.15) is 17.6 Å². The fraction of sp³-hybridized carbons (Fsp3) is 0.636. The number of rotatable bonds is 3. The van der Waals surface area contributed by atoms with Crippen LogP contribution < -0.4 is 0 Å². The number of hydrogen-bond donors (Lipinski definition) is 0. The fourth-order valence-electron chi connectivity index (χ4n) is 1.83. The Morgan fingerprint density at radius 2 is 2.50 bits per heavy atom. The summed E-state index contributed by atoms with van der Waals surface area (Å²) in [5.41, 5.74) is 0.770. The summed E-state index contributed by atoms with van der Waals surface area (Å²) >= 11 is 0. The van der Waals surface area contributed by atoms with Gasteiger partial charge in [0.05, 0.1) is 6.54 Å². The van der Waals surface area contributed by atoms with E-state index in [-0.39, 0.29) is 12.0 Å². The minimum atomic E-state index is -0.266. The molecule has 0 aliphatic carbocycles. The first-order valence-electron chi connectivity index (χ1n) is 5.45. The average Bonchev–Trinajstić information content (AvgIpc) is 2.88. The van der Waals surface area contributed by atoms with Crippen molar-refractivity contribution in [3.05, 3.63) is 17.5 Å². The van der Waals surface area contributed by atoms with Crippen molar-refractivity contribution in [1.29, 1.82) is 0 Å². The lowest BCUT2D eigenvalue weighted by Gasteiger charge is -2.19. The van der Waals surface area contributed by atoms with Crippen molar-refractivity contribution in [3.63, 3.8) is 0 Å². The van der Waals surface area contributed by atoms with Crippen LogP contribution in [0.25, 0.3) is 0 Å². The lowest BCUT2D eigenvalue weighted by atomic mass is 10.2. The monoisotopic (exact) mass is 224 g/mol. The normalized spacial score (nSPS) is 20.0. The van der Waals surface area contributed by atoms with E-state index in [0.29, 0.717) is 13.2 Å². The molecule has 0 spiro atoms. The van der Waals surface area contributed by atoms with Gasteiger partial charge in [-0.05, 0) is 19.8 Å². The van der Waals surface area contributed by atoms with Crippen LogP contribution in [0, 0.1) is 6.92 Å². The summed E-state index contributed by atoms with van der Waals surface area (Å²) in [6.45, 7) is 2.99. The van der Waals surface area contributed by atoms with Gasteiger partial charge in [0, 0.05) is 19.7 Å². The molecule has 1 fully saturated rings. The zero-order valence-corrected chi connectivity index (χ0v) is 9.60. The van der Waals surface area contributed by atoms with E-state index in [1.165, 1.54) is 0 Å². The van der Waals surface area contributed by atoms with Gasteiger partial charge in [-0.1, -0.05) is 5.16 Å². The summed E-state index contributed by atoms with van der Waals surface area (Å²) in [7, 11) is 1.76. The minimum absolute atomic E-state index is 0.0261. The summed E-state index contributed by atoms with van der Waals surface area (Å²) in [6, 6.07) is 1.83. The van der Waals surface area contributed by atoms with E-state index in [1.54, 1.807) is 11.9 Å². The van der Waals surface area contributed by atoms with Gasteiger partial charge >= 0.3 is 0 Å². The van der Waals surface area contributed by atoms with Crippen LogP contribution in [0.4, 0.5) is 0 Å². The van der Waals surface area contributed by atoms with Crippen LogP contribution in [-0.4, -0.2) is 35.7 Å². The molecule has 88 valence electrons. The molecule has 1 aliphatic rings. The van der Waals surface area contributed by atoms with Gasteiger partial charge in [-0.15, -0.1) is 0 Å². The molecule has 1 saturated heterocycles. The SMILES string of the molecule is Cc1cc(CN(C)C(=O)[C@@H]2CCCO2)no1. The van der Waals surface area contributed by atoms with Gasteiger partial charge in [0.15, 0.2) is 0 Å². The Labute approximate surface area is 94.3 Å². The quantitative estimate of drug-likeness (QED) is 0.772. The average molecular weight is 224 g/mol. The van der Waals surface area contributed by atoms with Crippen LogP contribution in [0.15, 0.2) is 10.6 Å². The molecule has 0 saturated carbocycles. The maximum Gasteiger partial charge on any atom is 0.251 e. The second-order valence-electron chi connectivity index (χ2n) is 4.12. The maximum atomic E-state index is 11.9. The predicted molar refractivity (Wildman–Crippen MR) is 56.7 cm³/mol. The van der Waals surface area contributed by atoms with Crippen LogP contribution in [0.5, 0.6) is 0 Å². The van der Waals surface area contributed by atoms with Gasteiger partial charge in [0.2, 0.25) is 0 Å². The molecule has 0 radical (unpaired) electrons. The number of aromatic nitrogens is 1. The van der Waals surface area contributed by atoms with Crippen LogP contribution in [0.1, 0.15) is 24.3 Å². The minimum Gasteiger partial charge on any atom is -0.368 e. The molecule has 1 aromatic rings. The number of carbonyl (C=O) groups excluding carboxylic acids is 1. The highest BCUT2D eigenvalue weighted by Gasteiger charge is 2.26. The van der Waals surface area contributed by atoms with E-state index >= 15 is 0 Å². The van der Waals surface area contributed by atoms with E-state index in [4.69, 9.17) is 9.26 Å². The number of nitrogens with zero attached hydrogens (tertiary/aromatic N) is 2. The molecule has 5 heteroatoms. The molecule has 0 bridgehead atoms. The maximum absolute atomic E-state index is 11.9. The first kappa shape index (κ1) is 11.1. The highest BCUT2D eigenvalue weighted by atomic mass is 16.5. The Morgan fingerprint density at radius 3 is 3.06 bits per heavy atom. The Kier molecular flexibility index (Phi) is 3.24. The van der Waals surface area contributed by atoms with Crippen molar-refractivity contribution < 1.29 is 14.1 Å². The first-order valence-corrected chi connectivity index (χ1v) is 5.45. The number of amides is 1. The largest absolute Gasteiger partial charge is 0.368 e. The zero-order chi connectivity index (χ0) is 11.5. The Balaban J connectivity index is 1.91. The third-order valence-electron chi connectivity index (χ3n) is 2.66. The molecule has 1 aromatic heterocycles. The van der Waals surface area contributed by atoms with E-state index in [9.17, 15) is 4.79 Å². The van der Waals surface area contributed by atoms with Crippen molar-refractivity contribution in [2.45, 2.75) is 32.4 Å². The van der Waals surface area contributed by atoms with E-state index in [0.717, 1.165) is 24.3 Å². The molecule has 0 unspecified atom stereocenters. The van der Waals surface area contributed by atoms with Gasteiger partial charge < -0.3 is 14.2 Å². The van der Waals surface area contributed by atoms with Crippen LogP contribution in [0.2, 0.25) is 0 Å². The molecule has 1 atom stereocenters. The number of ether oxygens (including phenoxy) is 1. The Bertz CT molecular complexity index is 369. The summed E-state index contributed by atoms with van der Waals surface area (Å²) < 4.78 is 10.3. The lowest BCUT2D eigenvalue weighted by Crippen LogP contribution is -2.35. The molecule has 0 aromatic carbocycles. The van der Waals surface area contributed by atoms with Gasteiger partial charge in [0.25, 0.3) is 5.91 Å². The van der Waals surface area contributed by atoms with Crippen molar-refractivity contribution in [2.24, 2.45) is 0 Å². The standard InChI is InChI=1S/C11H16N2O3/c1-8-6-9(12-16-8)7-13(2)11(14)10-4-3-5-15-10/h6,10H,3-5,7H2,1-2H3/t10-/m0/s1. The highest BCUT2D eigenvalue weighted by Crippen LogP contribution is 2.15. The zero-order valence-electron chi connectivity index (χ0n) is 9.60. The lowest BCUT2D eigenvalue weighted by molar-refractivity contribution is -0.140. The summed E-state index contributed by atoms with van der Waals surface area (Å²) in [5.74, 6) is 0.783. The molecule has 1 amide bonds. The second-order valence-corrected chi connectivity index (χ2v) is 4.12. The third kappa shape index (κ3) is 2.41. The summed E-state index contributed by atoms with van der Waals surface area (Å²) in [5, 5.41) is 3.86. The van der Waals surface area contributed by atoms with Crippen LogP contribution in [-0.2, 0) is 16.1 Å². The molecule has 2 rings (SSSR count). The Hall–Kier alpha value is -1.36. The first-order chi connectivity index (χ1) is 7.66. The molecule has 16 heavy (non-hydrogen) atoms. The number of aryl methyl sites for hydroxylation is 1. The van der Waals surface area contributed by atoms with Crippen molar-refractivity contribution in [3.8, 4) is 0 Å². The van der Waals surface area contributed by atoms with Crippen molar-refractivity contribution >= 4 is 5.91 Å². The summed E-state index contributed by atoms with van der Waals surface area (Å²) in [6.07, 6.45) is 1.52. The smallest absolute Gasteiger partial charge is 0.251 e. The van der Waals surface area contributed by atoms with E-state index in [2.05, 4.69) is 5.16 Å². The van der Waals surface area contributed by atoms with Gasteiger partial charge in [-0.2, -0.15) is 0 Å². The molecular formula is C11H16N2O3. The molecule has 2 heterocycles. The number of likely N-dealkylation sites (N-methyl/N-ethyl adjacent to an activating group) is 1. The molecule has 5 nitrogen and oxygen atoms in total. The molecular weight excluding hydrogens is 208 g/mol.